The Hall–Kier alpha value is -2.85. The van der Waals surface area contributed by atoms with Crippen molar-refractivity contribution in [1.82, 2.24) is 5.32 Å². The summed E-state index contributed by atoms with van der Waals surface area (Å²) in [5.41, 5.74) is 3.71. The van der Waals surface area contributed by atoms with Crippen molar-refractivity contribution in [2.24, 2.45) is 11.3 Å². The summed E-state index contributed by atoms with van der Waals surface area (Å²) in [4.78, 5) is 26.6. The standard InChI is InChI=1S/C27H28ClNO3/c1-17-23(26(31)32-14-13-18-9-5-4-6-10-18)24(19-11-7-8-12-20(19)28)25-21(29-17)15-27(2,3)16-22(25)30/h4-12,23-24,29H,1,13-16H2,2-3H3. The van der Waals surface area contributed by atoms with Gasteiger partial charge in [-0.2, -0.15) is 0 Å². The van der Waals surface area contributed by atoms with Gasteiger partial charge in [0, 0.05) is 40.7 Å². The van der Waals surface area contributed by atoms with E-state index in [1.165, 1.54) is 0 Å². The molecule has 4 nitrogen and oxygen atoms in total. The van der Waals surface area contributed by atoms with Crippen LogP contribution >= 0.6 is 11.6 Å². The highest BCUT2D eigenvalue weighted by Gasteiger charge is 2.47. The van der Waals surface area contributed by atoms with Gasteiger partial charge in [-0.05, 0) is 29.0 Å². The first-order valence-corrected chi connectivity index (χ1v) is 11.3. The number of hydrogen-bond acceptors (Lipinski definition) is 4. The summed E-state index contributed by atoms with van der Waals surface area (Å²) in [6, 6.07) is 17.3. The highest BCUT2D eigenvalue weighted by molar-refractivity contribution is 6.31. The van der Waals surface area contributed by atoms with E-state index in [9.17, 15) is 9.59 Å². The van der Waals surface area contributed by atoms with Crippen LogP contribution in [0.25, 0.3) is 0 Å². The Labute approximate surface area is 194 Å². The Morgan fingerprint density at radius 2 is 1.81 bits per heavy atom. The first kappa shape index (κ1) is 22.3. The fourth-order valence-corrected chi connectivity index (χ4v) is 5.04. The number of rotatable bonds is 5. The van der Waals surface area contributed by atoms with E-state index in [2.05, 4.69) is 25.7 Å². The number of carbonyl (C=O) groups excluding carboxylic acids is 2. The number of halogens is 1. The highest BCUT2D eigenvalue weighted by atomic mass is 35.5. The van der Waals surface area contributed by atoms with Crippen LogP contribution in [0, 0.1) is 11.3 Å². The number of benzene rings is 2. The molecule has 166 valence electrons. The number of hydrogen-bond donors (Lipinski definition) is 1. The molecule has 0 saturated heterocycles. The molecule has 1 N–H and O–H groups in total. The number of carbonyl (C=O) groups is 2. The molecule has 0 bridgehead atoms. The zero-order valence-electron chi connectivity index (χ0n) is 18.5. The van der Waals surface area contributed by atoms with Crippen LogP contribution in [0.4, 0.5) is 0 Å². The monoisotopic (exact) mass is 449 g/mol. The Bertz CT molecular complexity index is 1090. The van der Waals surface area contributed by atoms with E-state index in [-0.39, 0.29) is 17.8 Å². The van der Waals surface area contributed by atoms with Gasteiger partial charge in [-0.1, -0.05) is 80.6 Å². The fourth-order valence-electron chi connectivity index (χ4n) is 4.79. The van der Waals surface area contributed by atoms with Gasteiger partial charge < -0.3 is 10.1 Å². The maximum absolute atomic E-state index is 13.3. The van der Waals surface area contributed by atoms with Crippen molar-refractivity contribution < 1.29 is 14.3 Å². The number of allylic oxidation sites excluding steroid dienone is 2. The number of Topliss-reactive ketones (excluding diaryl/α,β-unsaturated/α-hetero) is 1. The van der Waals surface area contributed by atoms with Crippen LogP contribution in [0.2, 0.25) is 5.02 Å². The fraction of sp³-hybridized carbons (Fsp3) is 0.333. The lowest BCUT2D eigenvalue weighted by Gasteiger charge is -2.42. The van der Waals surface area contributed by atoms with Gasteiger partial charge in [0.05, 0.1) is 6.61 Å². The Morgan fingerprint density at radius 1 is 1.12 bits per heavy atom. The largest absolute Gasteiger partial charge is 0.465 e. The maximum atomic E-state index is 13.3. The third kappa shape index (κ3) is 4.51. The highest BCUT2D eigenvalue weighted by Crippen LogP contribution is 2.49. The molecule has 4 rings (SSSR count). The van der Waals surface area contributed by atoms with Crippen LogP contribution in [0.15, 0.2) is 78.1 Å². The first-order valence-electron chi connectivity index (χ1n) is 10.9. The van der Waals surface area contributed by atoms with Crippen LogP contribution in [0.1, 0.15) is 43.7 Å². The summed E-state index contributed by atoms with van der Waals surface area (Å²) < 4.78 is 5.69. The summed E-state index contributed by atoms with van der Waals surface area (Å²) >= 11 is 6.56. The molecule has 2 atom stereocenters. The van der Waals surface area contributed by atoms with Crippen molar-refractivity contribution in [3.05, 3.63) is 94.3 Å². The van der Waals surface area contributed by atoms with Gasteiger partial charge in [-0.3, -0.25) is 9.59 Å². The van der Waals surface area contributed by atoms with Gasteiger partial charge in [0.2, 0.25) is 0 Å². The van der Waals surface area contributed by atoms with Gasteiger partial charge in [0.25, 0.3) is 0 Å². The molecule has 32 heavy (non-hydrogen) atoms. The van der Waals surface area contributed by atoms with Crippen molar-refractivity contribution in [2.45, 2.75) is 39.0 Å². The molecule has 2 aromatic rings. The molecule has 0 spiro atoms. The molecule has 1 aliphatic heterocycles. The lowest BCUT2D eigenvalue weighted by atomic mass is 9.66. The Balaban J connectivity index is 1.67. The first-order chi connectivity index (χ1) is 15.3. The second kappa shape index (κ2) is 8.95. The van der Waals surface area contributed by atoms with Crippen LogP contribution in [-0.4, -0.2) is 18.4 Å². The number of esters is 1. The lowest BCUT2D eigenvalue weighted by molar-refractivity contribution is -0.147. The van der Waals surface area contributed by atoms with E-state index < -0.39 is 17.8 Å². The smallest absolute Gasteiger partial charge is 0.315 e. The Morgan fingerprint density at radius 3 is 2.53 bits per heavy atom. The van der Waals surface area contributed by atoms with Crippen molar-refractivity contribution in [3.63, 3.8) is 0 Å². The second-order valence-electron chi connectivity index (χ2n) is 9.36. The average Bonchev–Trinajstić information content (AvgIpc) is 2.73. The predicted octanol–water partition coefficient (Wildman–Crippen LogP) is 5.59. The summed E-state index contributed by atoms with van der Waals surface area (Å²) in [6.07, 6.45) is 1.76. The third-order valence-electron chi connectivity index (χ3n) is 6.22. The van der Waals surface area contributed by atoms with E-state index in [1.54, 1.807) is 6.07 Å². The number of nitrogens with one attached hydrogen (secondary N) is 1. The molecule has 2 unspecified atom stereocenters. The molecular weight excluding hydrogens is 422 g/mol. The van der Waals surface area contributed by atoms with Crippen LogP contribution in [0.3, 0.4) is 0 Å². The minimum atomic E-state index is -0.727. The van der Waals surface area contributed by atoms with Crippen molar-refractivity contribution in [3.8, 4) is 0 Å². The molecule has 0 aromatic heterocycles. The normalized spacial score (nSPS) is 22.2. The van der Waals surface area contributed by atoms with E-state index >= 15 is 0 Å². The maximum Gasteiger partial charge on any atom is 0.315 e. The summed E-state index contributed by atoms with van der Waals surface area (Å²) in [5.74, 6) is -1.59. The van der Waals surface area contributed by atoms with E-state index in [1.807, 2.05) is 48.5 Å². The SMILES string of the molecule is C=C1NC2=C(C(=O)CC(C)(C)C2)C(c2ccccc2Cl)C1C(=O)OCCc1ccccc1. The van der Waals surface area contributed by atoms with Crippen LogP contribution in [-0.2, 0) is 20.7 Å². The summed E-state index contributed by atoms with van der Waals surface area (Å²) in [5, 5.41) is 3.81. The Kier molecular flexibility index (Phi) is 6.25. The molecule has 0 radical (unpaired) electrons. The minimum Gasteiger partial charge on any atom is -0.465 e. The van der Waals surface area contributed by atoms with Gasteiger partial charge >= 0.3 is 5.97 Å². The molecule has 1 aliphatic carbocycles. The summed E-state index contributed by atoms with van der Waals surface area (Å²) in [7, 11) is 0. The number of ether oxygens (including phenoxy) is 1. The summed E-state index contributed by atoms with van der Waals surface area (Å²) in [6.45, 7) is 8.56. The van der Waals surface area contributed by atoms with E-state index in [0.717, 1.165) is 16.8 Å². The zero-order valence-corrected chi connectivity index (χ0v) is 19.2. The molecule has 1 heterocycles. The van der Waals surface area contributed by atoms with E-state index in [4.69, 9.17) is 16.3 Å². The quantitative estimate of drug-likeness (QED) is 0.605. The molecular formula is C27H28ClNO3. The topological polar surface area (TPSA) is 55.4 Å². The zero-order chi connectivity index (χ0) is 22.9. The van der Waals surface area contributed by atoms with Crippen molar-refractivity contribution >= 4 is 23.4 Å². The van der Waals surface area contributed by atoms with Crippen molar-refractivity contribution in [2.75, 3.05) is 6.61 Å². The molecule has 0 amide bonds. The van der Waals surface area contributed by atoms with E-state index in [0.29, 0.717) is 35.6 Å². The third-order valence-corrected chi connectivity index (χ3v) is 6.57. The van der Waals surface area contributed by atoms with Gasteiger partial charge in [-0.15, -0.1) is 0 Å². The number of ketones is 1. The molecule has 0 fully saturated rings. The molecule has 0 saturated carbocycles. The second-order valence-corrected chi connectivity index (χ2v) is 9.77. The predicted molar refractivity (Wildman–Crippen MR) is 126 cm³/mol. The van der Waals surface area contributed by atoms with Gasteiger partial charge in [0.1, 0.15) is 5.92 Å². The van der Waals surface area contributed by atoms with Crippen LogP contribution in [0.5, 0.6) is 0 Å². The average molecular weight is 450 g/mol. The molecule has 5 heteroatoms. The van der Waals surface area contributed by atoms with Crippen LogP contribution < -0.4 is 5.32 Å². The minimum absolute atomic E-state index is 0.0447. The van der Waals surface area contributed by atoms with Gasteiger partial charge in [-0.25, -0.2) is 0 Å². The van der Waals surface area contributed by atoms with Gasteiger partial charge in [0.15, 0.2) is 5.78 Å². The molecule has 2 aromatic carbocycles. The molecule has 2 aliphatic rings. The lowest BCUT2D eigenvalue weighted by Crippen LogP contribution is -2.44. The van der Waals surface area contributed by atoms with Crippen molar-refractivity contribution in [1.29, 1.82) is 0 Å².